The molecule has 1 aromatic rings. The molecule has 0 heterocycles. The molecule has 0 aliphatic carbocycles. The second-order valence-corrected chi connectivity index (χ2v) is 7.31. The van der Waals surface area contributed by atoms with E-state index in [1.54, 1.807) is 12.1 Å². The molecule has 0 spiro atoms. The average Bonchev–Trinajstić information content (AvgIpc) is 2.39. The second-order valence-electron chi connectivity index (χ2n) is 4.78. The highest BCUT2D eigenvalue weighted by Crippen LogP contribution is 2.25. The Hall–Kier alpha value is -0.140. The lowest BCUT2D eigenvalue weighted by atomic mass is 9.95. The molecular formula is C13H22BrClN2O2S. The molecule has 0 saturated carbocycles. The lowest BCUT2D eigenvalue weighted by Crippen LogP contribution is -2.49. The Kier molecular flexibility index (Phi) is 7.70. The third-order valence-corrected chi connectivity index (χ3v) is 6.23. The van der Waals surface area contributed by atoms with Crippen molar-refractivity contribution in [1.29, 1.82) is 0 Å². The van der Waals surface area contributed by atoms with E-state index >= 15 is 0 Å². The zero-order chi connectivity index (χ0) is 14.7. The normalized spacial score (nSPS) is 12.1. The molecule has 0 bridgehead atoms. The Balaban J connectivity index is 0.00000361. The maximum Gasteiger partial charge on any atom is 0.241 e. The summed E-state index contributed by atoms with van der Waals surface area (Å²) in [5.74, 6) is 0. The molecule has 4 nitrogen and oxygen atoms in total. The van der Waals surface area contributed by atoms with E-state index in [0.29, 0.717) is 4.47 Å². The standard InChI is InChI=1S/C13H21BrN2O2S.ClH/c1-4-13(15,5-2)9-16-19(17,18)11-8-6-7-10(3)12(11)14;/h6-8,16H,4-5,9,15H2,1-3H3;1H. The van der Waals surface area contributed by atoms with Crippen molar-refractivity contribution < 1.29 is 8.42 Å². The SMILES string of the molecule is CCC(N)(CC)CNS(=O)(=O)c1cccc(C)c1Br.Cl. The molecular weight excluding hydrogens is 364 g/mol. The first kappa shape index (κ1) is 19.9. The van der Waals surface area contributed by atoms with Crippen molar-refractivity contribution in [2.75, 3.05) is 6.54 Å². The predicted molar refractivity (Wildman–Crippen MR) is 88.8 cm³/mol. The van der Waals surface area contributed by atoms with Crippen molar-refractivity contribution in [1.82, 2.24) is 4.72 Å². The minimum atomic E-state index is -3.54. The average molecular weight is 386 g/mol. The smallest absolute Gasteiger partial charge is 0.241 e. The molecule has 0 amide bonds. The number of hydrogen-bond acceptors (Lipinski definition) is 3. The van der Waals surface area contributed by atoms with E-state index in [1.807, 2.05) is 26.8 Å². The van der Waals surface area contributed by atoms with Crippen LogP contribution in [0.1, 0.15) is 32.3 Å². The molecule has 1 rings (SSSR count). The first-order valence-electron chi connectivity index (χ1n) is 6.29. The highest BCUT2D eigenvalue weighted by Gasteiger charge is 2.25. The highest BCUT2D eigenvalue weighted by atomic mass is 79.9. The fraction of sp³-hybridized carbons (Fsp3) is 0.538. The summed E-state index contributed by atoms with van der Waals surface area (Å²) in [7, 11) is -3.54. The van der Waals surface area contributed by atoms with Gasteiger partial charge in [0.2, 0.25) is 10.0 Å². The van der Waals surface area contributed by atoms with Gasteiger partial charge in [0, 0.05) is 16.6 Å². The zero-order valence-electron chi connectivity index (χ0n) is 11.9. The van der Waals surface area contributed by atoms with Gasteiger partial charge in [-0.15, -0.1) is 12.4 Å². The number of aryl methyl sites for hydroxylation is 1. The van der Waals surface area contributed by atoms with Crippen LogP contribution in [0.4, 0.5) is 0 Å². The van der Waals surface area contributed by atoms with Gasteiger partial charge in [-0.2, -0.15) is 0 Å². The van der Waals surface area contributed by atoms with Crippen LogP contribution >= 0.6 is 28.3 Å². The summed E-state index contributed by atoms with van der Waals surface area (Å²) in [6.07, 6.45) is 1.45. The van der Waals surface area contributed by atoms with Crippen LogP contribution in [0.15, 0.2) is 27.6 Å². The molecule has 0 aliphatic rings. The van der Waals surface area contributed by atoms with Gasteiger partial charge < -0.3 is 5.73 Å². The van der Waals surface area contributed by atoms with Crippen LogP contribution in [-0.2, 0) is 10.0 Å². The number of benzene rings is 1. The van der Waals surface area contributed by atoms with Gasteiger partial charge in [0.25, 0.3) is 0 Å². The molecule has 116 valence electrons. The molecule has 0 aliphatic heterocycles. The number of nitrogens with two attached hydrogens (primary N) is 1. The highest BCUT2D eigenvalue weighted by molar-refractivity contribution is 9.10. The van der Waals surface area contributed by atoms with Crippen molar-refractivity contribution in [2.45, 2.75) is 44.0 Å². The Morgan fingerprint density at radius 3 is 2.35 bits per heavy atom. The third kappa shape index (κ3) is 4.70. The van der Waals surface area contributed by atoms with Crippen molar-refractivity contribution in [3.05, 3.63) is 28.2 Å². The summed E-state index contributed by atoms with van der Waals surface area (Å²) in [5, 5.41) is 0. The van der Waals surface area contributed by atoms with Gasteiger partial charge in [-0.05, 0) is 47.3 Å². The van der Waals surface area contributed by atoms with Gasteiger partial charge in [0.1, 0.15) is 0 Å². The summed E-state index contributed by atoms with van der Waals surface area (Å²) in [6, 6.07) is 5.16. The van der Waals surface area contributed by atoms with Crippen LogP contribution in [0.5, 0.6) is 0 Å². The van der Waals surface area contributed by atoms with Gasteiger partial charge in [0.15, 0.2) is 0 Å². The fourth-order valence-corrected chi connectivity index (χ4v) is 3.84. The topological polar surface area (TPSA) is 72.2 Å². The van der Waals surface area contributed by atoms with Crippen LogP contribution in [0, 0.1) is 6.92 Å². The van der Waals surface area contributed by atoms with Crippen LogP contribution in [-0.4, -0.2) is 20.5 Å². The van der Waals surface area contributed by atoms with Crippen molar-refractivity contribution in [2.24, 2.45) is 5.73 Å². The zero-order valence-corrected chi connectivity index (χ0v) is 15.2. The molecule has 7 heteroatoms. The Bertz CT molecular complexity index is 545. The Morgan fingerprint density at radius 2 is 1.85 bits per heavy atom. The predicted octanol–water partition coefficient (Wildman–Crippen LogP) is 2.98. The quantitative estimate of drug-likeness (QED) is 0.790. The van der Waals surface area contributed by atoms with Gasteiger partial charge in [-0.25, -0.2) is 13.1 Å². The minimum Gasteiger partial charge on any atom is -0.324 e. The summed E-state index contributed by atoms with van der Waals surface area (Å²) >= 11 is 3.32. The van der Waals surface area contributed by atoms with Crippen molar-refractivity contribution in [3.8, 4) is 0 Å². The monoisotopic (exact) mass is 384 g/mol. The van der Waals surface area contributed by atoms with E-state index in [1.165, 1.54) is 0 Å². The lowest BCUT2D eigenvalue weighted by molar-refractivity contribution is 0.391. The van der Waals surface area contributed by atoms with E-state index in [9.17, 15) is 8.42 Å². The molecule has 1 aromatic carbocycles. The number of hydrogen-bond donors (Lipinski definition) is 2. The van der Waals surface area contributed by atoms with E-state index in [4.69, 9.17) is 5.73 Å². The van der Waals surface area contributed by atoms with Crippen LogP contribution in [0.3, 0.4) is 0 Å². The molecule has 0 radical (unpaired) electrons. The summed E-state index contributed by atoms with van der Waals surface area (Å²) in [6.45, 7) is 6.01. The number of sulfonamides is 1. The van der Waals surface area contributed by atoms with E-state index in [-0.39, 0.29) is 23.8 Å². The maximum atomic E-state index is 12.3. The van der Waals surface area contributed by atoms with Gasteiger partial charge in [0.05, 0.1) is 4.90 Å². The summed E-state index contributed by atoms with van der Waals surface area (Å²) < 4.78 is 27.8. The molecule has 0 atom stereocenters. The summed E-state index contributed by atoms with van der Waals surface area (Å²) in [5.41, 5.74) is 6.50. The molecule has 0 aromatic heterocycles. The van der Waals surface area contributed by atoms with Gasteiger partial charge >= 0.3 is 0 Å². The molecule has 20 heavy (non-hydrogen) atoms. The summed E-state index contributed by atoms with van der Waals surface area (Å²) in [4.78, 5) is 0.252. The van der Waals surface area contributed by atoms with E-state index < -0.39 is 15.6 Å². The minimum absolute atomic E-state index is 0. The first-order chi connectivity index (χ1) is 8.75. The number of halogens is 2. The number of rotatable bonds is 6. The van der Waals surface area contributed by atoms with Crippen molar-refractivity contribution in [3.63, 3.8) is 0 Å². The molecule has 0 saturated heterocycles. The van der Waals surface area contributed by atoms with Crippen LogP contribution in [0.25, 0.3) is 0 Å². The lowest BCUT2D eigenvalue weighted by Gasteiger charge is -2.26. The molecule has 3 N–H and O–H groups in total. The maximum absolute atomic E-state index is 12.3. The second kappa shape index (κ2) is 7.75. The number of nitrogens with one attached hydrogen (secondary N) is 1. The first-order valence-corrected chi connectivity index (χ1v) is 8.57. The Morgan fingerprint density at radius 1 is 1.30 bits per heavy atom. The largest absolute Gasteiger partial charge is 0.324 e. The Labute approximate surface area is 136 Å². The van der Waals surface area contributed by atoms with E-state index in [0.717, 1.165) is 18.4 Å². The molecule has 0 fully saturated rings. The fourth-order valence-electron chi connectivity index (χ4n) is 1.64. The van der Waals surface area contributed by atoms with E-state index in [2.05, 4.69) is 20.7 Å². The van der Waals surface area contributed by atoms with Gasteiger partial charge in [-0.1, -0.05) is 26.0 Å². The van der Waals surface area contributed by atoms with Crippen molar-refractivity contribution >= 4 is 38.4 Å². The molecule has 0 unspecified atom stereocenters. The van der Waals surface area contributed by atoms with Crippen LogP contribution < -0.4 is 10.5 Å². The van der Waals surface area contributed by atoms with Crippen LogP contribution in [0.2, 0.25) is 0 Å². The van der Waals surface area contributed by atoms with Gasteiger partial charge in [-0.3, -0.25) is 0 Å². The third-order valence-electron chi connectivity index (χ3n) is 3.47.